The minimum Gasteiger partial charge on any atom is -0.465 e. The molecule has 8 nitrogen and oxygen atoms in total. The zero-order valence-electron chi connectivity index (χ0n) is 12.7. The summed E-state index contributed by atoms with van der Waals surface area (Å²) in [6.07, 6.45) is -1.25. The number of hydrogen-bond acceptors (Lipinski definition) is 3. The van der Waals surface area contributed by atoms with Gasteiger partial charge in [0.05, 0.1) is 6.04 Å². The highest BCUT2D eigenvalue weighted by Crippen LogP contribution is 2.20. The summed E-state index contributed by atoms with van der Waals surface area (Å²) in [6, 6.07) is 5.13. The van der Waals surface area contributed by atoms with Crippen LogP contribution in [0.25, 0.3) is 10.9 Å². The molecule has 3 rings (SSSR count). The Hall–Kier alpha value is -2.74. The van der Waals surface area contributed by atoms with Crippen LogP contribution in [0.2, 0.25) is 5.02 Å². The Morgan fingerprint density at radius 1 is 1.33 bits per heavy atom. The smallest absolute Gasteiger partial charge is 0.405 e. The van der Waals surface area contributed by atoms with Gasteiger partial charge in [-0.25, -0.2) is 4.79 Å². The summed E-state index contributed by atoms with van der Waals surface area (Å²) < 4.78 is 0. The molecule has 2 aromatic rings. The van der Waals surface area contributed by atoms with Crippen LogP contribution in [0, 0.1) is 0 Å². The third-order valence-electron chi connectivity index (χ3n) is 3.94. The number of benzene rings is 1. The highest BCUT2D eigenvalue weighted by Gasteiger charge is 2.40. The number of carboxylic acid groups (broad SMARTS) is 1. The molecular formula is C15H15ClN4O4. The predicted octanol–water partition coefficient (Wildman–Crippen LogP) is 1.03. The van der Waals surface area contributed by atoms with Gasteiger partial charge in [0.25, 0.3) is 5.91 Å². The number of rotatable bonds is 3. The Bertz CT molecular complexity index is 834. The average Bonchev–Trinajstić information content (AvgIpc) is 3.03. The lowest BCUT2D eigenvalue weighted by Crippen LogP contribution is -2.52. The molecule has 2 heterocycles. The van der Waals surface area contributed by atoms with Crippen LogP contribution in [0.15, 0.2) is 24.3 Å². The molecule has 0 radical (unpaired) electrons. The van der Waals surface area contributed by atoms with Crippen LogP contribution < -0.4 is 10.6 Å². The SMILES string of the molecule is CN1C[C@@H](NC(=O)O)[C@H](NC(=O)c2cc3cc(Cl)ccc3[nH]2)C1=O. The van der Waals surface area contributed by atoms with E-state index in [-0.39, 0.29) is 18.1 Å². The van der Waals surface area contributed by atoms with Crippen molar-refractivity contribution in [2.75, 3.05) is 13.6 Å². The lowest BCUT2D eigenvalue weighted by atomic mass is 10.1. The molecule has 0 saturated carbocycles. The summed E-state index contributed by atoms with van der Waals surface area (Å²) in [5, 5.41) is 15.0. The Kier molecular flexibility index (Phi) is 4.06. The number of hydrogen-bond donors (Lipinski definition) is 4. The third kappa shape index (κ3) is 3.00. The molecule has 2 atom stereocenters. The Morgan fingerprint density at radius 3 is 2.79 bits per heavy atom. The van der Waals surface area contributed by atoms with E-state index in [0.717, 1.165) is 10.9 Å². The number of carbonyl (C=O) groups excluding carboxylic acids is 2. The van der Waals surface area contributed by atoms with E-state index in [2.05, 4.69) is 15.6 Å². The first kappa shape index (κ1) is 16.1. The fourth-order valence-electron chi connectivity index (χ4n) is 2.79. The lowest BCUT2D eigenvalue weighted by molar-refractivity contribution is -0.128. The molecule has 1 saturated heterocycles. The molecule has 4 N–H and O–H groups in total. The van der Waals surface area contributed by atoms with Crippen LogP contribution in [0.4, 0.5) is 4.79 Å². The van der Waals surface area contributed by atoms with Gasteiger partial charge in [-0.15, -0.1) is 0 Å². The second-order valence-corrected chi connectivity index (χ2v) is 6.08. The largest absolute Gasteiger partial charge is 0.465 e. The van der Waals surface area contributed by atoms with Crippen LogP contribution >= 0.6 is 11.6 Å². The summed E-state index contributed by atoms with van der Waals surface area (Å²) >= 11 is 5.92. The monoisotopic (exact) mass is 350 g/mol. The van der Waals surface area contributed by atoms with E-state index in [9.17, 15) is 14.4 Å². The van der Waals surface area contributed by atoms with Crippen LogP contribution in [0.3, 0.4) is 0 Å². The van der Waals surface area contributed by atoms with Gasteiger partial charge in [-0.05, 0) is 24.3 Å². The van der Waals surface area contributed by atoms with Crippen molar-refractivity contribution in [1.82, 2.24) is 20.5 Å². The van der Waals surface area contributed by atoms with Gasteiger partial charge in [0.1, 0.15) is 11.7 Å². The first-order valence-electron chi connectivity index (χ1n) is 7.19. The molecule has 1 aromatic heterocycles. The van der Waals surface area contributed by atoms with Crippen LogP contribution in [-0.4, -0.2) is 58.6 Å². The molecule has 0 aliphatic carbocycles. The Balaban J connectivity index is 1.81. The number of halogens is 1. The Labute approximate surface area is 141 Å². The van der Waals surface area contributed by atoms with Gasteiger partial charge in [0.15, 0.2) is 0 Å². The van der Waals surface area contributed by atoms with Crippen LogP contribution in [-0.2, 0) is 4.79 Å². The molecule has 3 amide bonds. The number of nitrogens with one attached hydrogen (secondary N) is 3. The molecule has 0 spiro atoms. The molecule has 1 aliphatic rings. The summed E-state index contributed by atoms with van der Waals surface area (Å²) in [5.41, 5.74) is 1.00. The maximum Gasteiger partial charge on any atom is 0.405 e. The van der Waals surface area contributed by atoms with Crippen molar-refractivity contribution in [3.63, 3.8) is 0 Å². The zero-order chi connectivity index (χ0) is 17.4. The minimum atomic E-state index is -1.25. The molecule has 0 unspecified atom stereocenters. The number of aromatic amines is 1. The van der Waals surface area contributed by atoms with Crippen molar-refractivity contribution in [2.24, 2.45) is 0 Å². The quantitative estimate of drug-likeness (QED) is 0.661. The number of H-pyrrole nitrogens is 1. The van der Waals surface area contributed by atoms with E-state index in [1.807, 2.05) is 0 Å². The molecular weight excluding hydrogens is 336 g/mol. The molecule has 1 aliphatic heterocycles. The van der Waals surface area contributed by atoms with Crippen LogP contribution in [0.1, 0.15) is 10.5 Å². The highest BCUT2D eigenvalue weighted by molar-refractivity contribution is 6.31. The first-order chi connectivity index (χ1) is 11.3. The number of likely N-dealkylation sites (N-methyl/N-ethyl adjacent to an activating group) is 1. The van der Waals surface area contributed by atoms with Crippen molar-refractivity contribution in [3.05, 3.63) is 35.0 Å². The molecule has 1 aromatic carbocycles. The Morgan fingerprint density at radius 2 is 2.08 bits per heavy atom. The van der Waals surface area contributed by atoms with Gasteiger partial charge < -0.3 is 25.6 Å². The number of carbonyl (C=O) groups is 3. The number of likely N-dealkylation sites (tertiary alicyclic amines) is 1. The molecule has 0 bridgehead atoms. The minimum absolute atomic E-state index is 0.193. The number of amides is 3. The van der Waals surface area contributed by atoms with Gasteiger partial charge in [0, 0.05) is 29.5 Å². The van der Waals surface area contributed by atoms with Gasteiger partial charge in [-0.3, -0.25) is 9.59 Å². The van der Waals surface area contributed by atoms with E-state index in [1.165, 1.54) is 4.90 Å². The van der Waals surface area contributed by atoms with E-state index >= 15 is 0 Å². The van der Waals surface area contributed by atoms with Crippen molar-refractivity contribution < 1.29 is 19.5 Å². The van der Waals surface area contributed by atoms with Crippen molar-refractivity contribution in [2.45, 2.75) is 12.1 Å². The van der Waals surface area contributed by atoms with Crippen molar-refractivity contribution in [1.29, 1.82) is 0 Å². The topological polar surface area (TPSA) is 115 Å². The number of nitrogens with zero attached hydrogens (tertiary/aromatic N) is 1. The normalized spacial score (nSPS) is 20.4. The summed E-state index contributed by atoms with van der Waals surface area (Å²) in [6.45, 7) is 0.193. The van der Waals surface area contributed by atoms with E-state index in [1.54, 1.807) is 31.3 Å². The molecule has 9 heteroatoms. The summed E-state index contributed by atoms with van der Waals surface area (Å²) in [4.78, 5) is 39.7. The number of fused-ring (bicyclic) bond motifs is 1. The van der Waals surface area contributed by atoms with Gasteiger partial charge in [0.2, 0.25) is 5.91 Å². The van der Waals surface area contributed by atoms with Crippen molar-refractivity contribution in [3.8, 4) is 0 Å². The van der Waals surface area contributed by atoms with E-state index < -0.39 is 24.1 Å². The first-order valence-corrected chi connectivity index (χ1v) is 7.56. The fraction of sp³-hybridized carbons (Fsp3) is 0.267. The highest BCUT2D eigenvalue weighted by atomic mass is 35.5. The van der Waals surface area contributed by atoms with Gasteiger partial charge >= 0.3 is 6.09 Å². The third-order valence-corrected chi connectivity index (χ3v) is 4.17. The maximum atomic E-state index is 12.4. The molecule has 1 fully saturated rings. The average molecular weight is 351 g/mol. The number of aromatic nitrogens is 1. The second kappa shape index (κ2) is 6.04. The van der Waals surface area contributed by atoms with Gasteiger partial charge in [-0.1, -0.05) is 11.6 Å². The lowest BCUT2D eigenvalue weighted by Gasteiger charge is -2.17. The van der Waals surface area contributed by atoms with Crippen molar-refractivity contribution >= 4 is 40.4 Å². The summed E-state index contributed by atoms with van der Waals surface area (Å²) in [5.74, 6) is -0.839. The predicted molar refractivity (Wildman–Crippen MR) is 87.1 cm³/mol. The van der Waals surface area contributed by atoms with E-state index in [4.69, 9.17) is 16.7 Å². The summed E-state index contributed by atoms with van der Waals surface area (Å²) in [7, 11) is 1.55. The van der Waals surface area contributed by atoms with Gasteiger partial charge in [-0.2, -0.15) is 0 Å². The van der Waals surface area contributed by atoms with E-state index in [0.29, 0.717) is 5.02 Å². The molecule has 126 valence electrons. The molecule has 24 heavy (non-hydrogen) atoms. The zero-order valence-corrected chi connectivity index (χ0v) is 13.4. The maximum absolute atomic E-state index is 12.4. The second-order valence-electron chi connectivity index (χ2n) is 5.64. The standard InChI is InChI=1S/C15H15ClN4O4/c1-20-6-11(18-15(23)24)12(14(20)22)19-13(21)10-5-7-4-8(16)2-3-9(7)17-10/h2-5,11-12,17-18H,6H2,1H3,(H,19,21)(H,23,24)/t11-,12+/m1/s1. The van der Waals surface area contributed by atoms with Crippen LogP contribution in [0.5, 0.6) is 0 Å². The fourth-order valence-corrected chi connectivity index (χ4v) is 2.98.